The van der Waals surface area contributed by atoms with E-state index in [1.54, 1.807) is 12.4 Å². The Labute approximate surface area is 130 Å². The van der Waals surface area contributed by atoms with Crippen molar-refractivity contribution in [2.24, 2.45) is 0 Å². The van der Waals surface area contributed by atoms with E-state index in [4.69, 9.17) is 0 Å². The number of aromatic nitrogens is 1. The maximum atomic E-state index is 12.4. The molecule has 2 atom stereocenters. The van der Waals surface area contributed by atoms with Crippen molar-refractivity contribution < 1.29 is 9.59 Å². The van der Waals surface area contributed by atoms with Crippen LogP contribution in [0.4, 0.5) is 0 Å². The maximum absolute atomic E-state index is 12.4. The summed E-state index contributed by atoms with van der Waals surface area (Å²) in [6, 6.07) is 3.91. The van der Waals surface area contributed by atoms with Gasteiger partial charge in [-0.25, -0.2) is 0 Å². The first-order chi connectivity index (χ1) is 10.6. The van der Waals surface area contributed by atoms with Crippen LogP contribution in [0.15, 0.2) is 24.5 Å². The van der Waals surface area contributed by atoms with Gasteiger partial charge in [0.15, 0.2) is 0 Å². The van der Waals surface area contributed by atoms with Crippen molar-refractivity contribution in [1.29, 1.82) is 0 Å². The minimum atomic E-state index is -0.176. The van der Waals surface area contributed by atoms with E-state index in [2.05, 4.69) is 10.3 Å². The molecule has 1 aliphatic heterocycles. The molecule has 0 bridgehead atoms. The SMILES string of the molecule is CN(C)CC(=O)N[C@@H]1CC(=O)N(C2CC2)[C@H]1c1cccnc1. The number of nitrogens with one attached hydrogen (secondary N) is 1. The fourth-order valence-corrected chi connectivity index (χ4v) is 3.15. The van der Waals surface area contributed by atoms with Crippen LogP contribution in [0.5, 0.6) is 0 Å². The highest BCUT2D eigenvalue weighted by Crippen LogP contribution is 2.41. The molecule has 0 aromatic carbocycles. The molecular weight excluding hydrogens is 280 g/mol. The zero-order valence-corrected chi connectivity index (χ0v) is 13.0. The lowest BCUT2D eigenvalue weighted by Gasteiger charge is -2.29. The Morgan fingerprint density at radius 2 is 2.23 bits per heavy atom. The van der Waals surface area contributed by atoms with Crippen molar-refractivity contribution in [3.8, 4) is 0 Å². The number of rotatable bonds is 5. The predicted molar refractivity (Wildman–Crippen MR) is 81.9 cm³/mol. The molecule has 2 aliphatic rings. The smallest absolute Gasteiger partial charge is 0.234 e. The van der Waals surface area contributed by atoms with Gasteiger partial charge in [0.2, 0.25) is 11.8 Å². The zero-order chi connectivity index (χ0) is 15.7. The Bertz CT molecular complexity index is 557. The van der Waals surface area contributed by atoms with Crippen LogP contribution in [-0.2, 0) is 9.59 Å². The number of carbonyl (C=O) groups is 2. The molecule has 2 amide bonds. The van der Waals surface area contributed by atoms with Crippen LogP contribution in [0.25, 0.3) is 0 Å². The first-order valence-electron chi connectivity index (χ1n) is 7.71. The van der Waals surface area contributed by atoms with Gasteiger partial charge >= 0.3 is 0 Å². The quantitative estimate of drug-likeness (QED) is 0.863. The lowest BCUT2D eigenvalue weighted by Crippen LogP contribution is -2.43. The Balaban J connectivity index is 1.81. The summed E-state index contributed by atoms with van der Waals surface area (Å²) < 4.78 is 0. The minimum Gasteiger partial charge on any atom is -0.349 e. The third kappa shape index (κ3) is 3.11. The van der Waals surface area contributed by atoms with E-state index in [0.29, 0.717) is 19.0 Å². The number of carbonyl (C=O) groups excluding carboxylic acids is 2. The maximum Gasteiger partial charge on any atom is 0.234 e. The summed E-state index contributed by atoms with van der Waals surface area (Å²) in [5, 5.41) is 3.03. The molecule has 1 aromatic rings. The summed E-state index contributed by atoms with van der Waals surface area (Å²) in [6.07, 6.45) is 6.00. The van der Waals surface area contributed by atoms with E-state index in [-0.39, 0.29) is 23.9 Å². The molecule has 6 nitrogen and oxygen atoms in total. The van der Waals surface area contributed by atoms with E-state index in [1.165, 1.54) is 0 Å². The summed E-state index contributed by atoms with van der Waals surface area (Å²) >= 11 is 0. The second-order valence-corrected chi connectivity index (χ2v) is 6.38. The van der Waals surface area contributed by atoms with Crippen LogP contribution >= 0.6 is 0 Å². The van der Waals surface area contributed by atoms with Gasteiger partial charge in [0.1, 0.15) is 0 Å². The fourth-order valence-electron chi connectivity index (χ4n) is 3.15. The third-order valence-corrected chi connectivity index (χ3v) is 4.14. The third-order valence-electron chi connectivity index (χ3n) is 4.14. The van der Waals surface area contributed by atoms with Crippen molar-refractivity contribution >= 4 is 11.8 Å². The highest BCUT2D eigenvalue weighted by Gasteiger charge is 2.47. The van der Waals surface area contributed by atoms with E-state index in [9.17, 15) is 9.59 Å². The largest absolute Gasteiger partial charge is 0.349 e. The van der Waals surface area contributed by atoms with Crippen molar-refractivity contribution in [3.05, 3.63) is 30.1 Å². The van der Waals surface area contributed by atoms with Gasteiger partial charge in [0.05, 0.1) is 18.6 Å². The van der Waals surface area contributed by atoms with Crippen LogP contribution in [0, 0.1) is 0 Å². The molecule has 2 fully saturated rings. The molecule has 0 radical (unpaired) electrons. The minimum absolute atomic E-state index is 0.0469. The summed E-state index contributed by atoms with van der Waals surface area (Å²) in [4.78, 5) is 32.4. The Hall–Kier alpha value is -1.95. The van der Waals surface area contributed by atoms with Gasteiger partial charge in [-0.05, 0) is 38.6 Å². The van der Waals surface area contributed by atoms with Gasteiger partial charge in [-0.1, -0.05) is 6.07 Å². The molecule has 2 heterocycles. The predicted octanol–water partition coefficient (Wildman–Crippen LogP) is 0.564. The molecule has 1 aliphatic carbocycles. The summed E-state index contributed by atoms with van der Waals surface area (Å²) in [5.41, 5.74) is 0.996. The molecule has 1 aromatic heterocycles. The highest BCUT2D eigenvalue weighted by atomic mass is 16.2. The van der Waals surface area contributed by atoms with Gasteiger partial charge in [0, 0.05) is 24.9 Å². The molecule has 3 rings (SSSR count). The molecular formula is C16H22N4O2. The normalized spacial score (nSPS) is 24.9. The summed E-state index contributed by atoms with van der Waals surface area (Å²) in [6.45, 7) is 0.327. The van der Waals surface area contributed by atoms with Crippen LogP contribution in [0.1, 0.15) is 30.9 Å². The van der Waals surface area contributed by atoms with Crippen LogP contribution in [0.2, 0.25) is 0 Å². The van der Waals surface area contributed by atoms with Gasteiger partial charge < -0.3 is 15.1 Å². The Morgan fingerprint density at radius 1 is 1.45 bits per heavy atom. The van der Waals surface area contributed by atoms with Crippen LogP contribution in [0.3, 0.4) is 0 Å². The zero-order valence-electron chi connectivity index (χ0n) is 13.0. The van der Waals surface area contributed by atoms with E-state index in [1.807, 2.05) is 36.0 Å². The number of hydrogen-bond donors (Lipinski definition) is 1. The van der Waals surface area contributed by atoms with E-state index < -0.39 is 0 Å². The van der Waals surface area contributed by atoms with Crippen LogP contribution in [-0.4, -0.2) is 59.3 Å². The van der Waals surface area contributed by atoms with Crippen molar-refractivity contribution in [2.45, 2.75) is 37.4 Å². The van der Waals surface area contributed by atoms with E-state index in [0.717, 1.165) is 18.4 Å². The summed E-state index contributed by atoms with van der Waals surface area (Å²) in [7, 11) is 3.71. The highest BCUT2D eigenvalue weighted by molar-refractivity contribution is 5.84. The fraction of sp³-hybridized carbons (Fsp3) is 0.562. The first-order valence-corrected chi connectivity index (χ1v) is 7.71. The number of likely N-dealkylation sites (tertiary alicyclic amines) is 1. The van der Waals surface area contributed by atoms with Gasteiger partial charge in [-0.15, -0.1) is 0 Å². The van der Waals surface area contributed by atoms with Crippen molar-refractivity contribution in [1.82, 2.24) is 20.1 Å². The molecule has 0 unspecified atom stereocenters. The van der Waals surface area contributed by atoms with Crippen LogP contribution < -0.4 is 5.32 Å². The molecule has 1 saturated heterocycles. The van der Waals surface area contributed by atoms with E-state index >= 15 is 0 Å². The average Bonchev–Trinajstić information content (AvgIpc) is 3.23. The Morgan fingerprint density at radius 3 is 2.82 bits per heavy atom. The summed E-state index contributed by atoms with van der Waals surface area (Å²) in [5.74, 6) is 0.0841. The molecule has 6 heteroatoms. The number of amides is 2. The lowest BCUT2D eigenvalue weighted by atomic mass is 10.0. The first kappa shape index (κ1) is 15.0. The molecule has 1 N–H and O–H groups in total. The number of nitrogens with zero attached hydrogens (tertiary/aromatic N) is 3. The number of hydrogen-bond acceptors (Lipinski definition) is 4. The van der Waals surface area contributed by atoms with Crippen molar-refractivity contribution in [3.63, 3.8) is 0 Å². The standard InChI is InChI=1S/C16H22N4O2/c1-19(2)10-14(21)18-13-8-15(22)20(12-5-6-12)16(13)11-4-3-7-17-9-11/h3-4,7,9,12-13,16H,5-6,8,10H2,1-2H3,(H,18,21)/t13-,16+/m1/s1. The molecule has 1 saturated carbocycles. The van der Waals surface area contributed by atoms with Gasteiger partial charge in [-0.3, -0.25) is 14.6 Å². The molecule has 0 spiro atoms. The van der Waals surface area contributed by atoms with Gasteiger partial charge in [0.25, 0.3) is 0 Å². The monoisotopic (exact) mass is 302 g/mol. The Kier molecular flexibility index (Phi) is 4.11. The number of likely N-dealkylation sites (N-methyl/N-ethyl adjacent to an activating group) is 1. The lowest BCUT2D eigenvalue weighted by molar-refractivity contribution is -0.129. The topological polar surface area (TPSA) is 65.5 Å². The number of pyridine rings is 1. The molecule has 22 heavy (non-hydrogen) atoms. The average molecular weight is 302 g/mol. The van der Waals surface area contributed by atoms with Crippen molar-refractivity contribution in [2.75, 3.05) is 20.6 Å². The molecule has 118 valence electrons. The second-order valence-electron chi connectivity index (χ2n) is 6.38. The van der Waals surface area contributed by atoms with Gasteiger partial charge in [-0.2, -0.15) is 0 Å². The second kappa shape index (κ2) is 6.04.